The third-order valence-corrected chi connectivity index (χ3v) is 7.32. The molecule has 12 heteroatoms. The summed E-state index contributed by atoms with van der Waals surface area (Å²) in [6, 6.07) is 7.30. The number of hydrogen-bond donors (Lipinski definition) is 0. The van der Waals surface area contributed by atoms with Gasteiger partial charge in [-0.2, -0.15) is 22.0 Å². The van der Waals surface area contributed by atoms with Crippen LogP contribution in [0.5, 0.6) is 0 Å². The molecule has 43 heavy (non-hydrogen) atoms. The van der Waals surface area contributed by atoms with Crippen LogP contribution in [-0.4, -0.2) is 6.10 Å². The van der Waals surface area contributed by atoms with E-state index in [0.717, 1.165) is 0 Å². The Balaban J connectivity index is 1.45. The lowest BCUT2D eigenvalue weighted by atomic mass is 9.82. The van der Waals surface area contributed by atoms with Crippen molar-refractivity contribution in [1.82, 2.24) is 0 Å². The molecule has 0 aromatic heterocycles. The second-order valence-corrected chi connectivity index (χ2v) is 10.3. The number of alkyl halides is 5. The Hall–Kier alpha value is -3.41. The van der Waals surface area contributed by atoms with Gasteiger partial charge in [-0.25, -0.2) is 26.3 Å². The van der Waals surface area contributed by atoms with Crippen molar-refractivity contribution in [3.05, 3.63) is 99.9 Å². The highest BCUT2D eigenvalue weighted by Crippen LogP contribution is 2.43. The third-order valence-electron chi connectivity index (χ3n) is 7.32. The average molecular weight is 623 g/mol. The predicted molar refractivity (Wildman–Crippen MR) is 137 cm³/mol. The molecule has 0 amide bonds. The third kappa shape index (κ3) is 7.22. The molecule has 0 radical (unpaired) electrons. The maximum atomic E-state index is 15.0. The summed E-state index contributed by atoms with van der Waals surface area (Å²) in [5.41, 5.74) is -3.83. The summed E-state index contributed by atoms with van der Waals surface area (Å²) in [6.07, 6.45) is -10.8. The molecule has 0 bridgehead atoms. The Morgan fingerprint density at radius 2 is 1.23 bits per heavy atom. The molecule has 1 aliphatic carbocycles. The first-order valence-corrected chi connectivity index (χ1v) is 13.4. The summed E-state index contributed by atoms with van der Waals surface area (Å²) in [6.45, 7) is 1.67. The standard InChI is InChI=1S/C31H25F11O/c1-2-3-22(32)29(37)18-6-4-16(5-7-18)20-14-25(35)28(26(36)15-20)31(41,42)43-21-10-8-17(9-11-21)19-12-23(33)27(24(34)13-19)30(38,39)40/h4-7,12-15,17,21H,2-3,8-11H2,1H3. The normalized spacial score (nSPS) is 18.5. The van der Waals surface area contributed by atoms with Crippen LogP contribution in [0.1, 0.15) is 73.6 Å². The largest absolute Gasteiger partial charge is 0.422 e. The first-order valence-electron chi connectivity index (χ1n) is 13.4. The van der Waals surface area contributed by atoms with Crippen LogP contribution in [0.15, 0.2) is 54.4 Å². The SMILES string of the molecule is CCCC(F)=C(F)c1ccc(-c2cc(F)c(C(F)(F)OC3CCC(c4cc(F)c(C(F)(F)F)c(F)c4)CC3)c(F)c2)cc1. The van der Waals surface area contributed by atoms with Crippen molar-refractivity contribution in [3.63, 3.8) is 0 Å². The smallest absolute Gasteiger partial charge is 0.313 e. The van der Waals surface area contributed by atoms with Gasteiger partial charge in [-0.1, -0.05) is 31.2 Å². The molecule has 0 saturated heterocycles. The molecule has 1 fully saturated rings. The highest BCUT2D eigenvalue weighted by atomic mass is 19.4. The van der Waals surface area contributed by atoms with Gasteiger partial charge in [0.25, 0.3) is 0 Å². The number of allylic oxidation sites excluding steroid dienone is 1. The maximum absolute atomic E-state index is 15.0. The van der Waals surface area contributed by atoms with E-state index in [2.05, 4.69) is 0 Å². The van der Waals surface area contributed by atoms with Crippen LogP contribution < -0.4 is 0 Å². The van der Waals surface area contributed by atoms with Gasteiger partial charge in [-0.05, 0) is 79.0 Å². The monoisotopic (exact) mass is 622 g/mol. The lowest BCUT2D eigenvalue weighted by molar-refractivity contribution is -0.280. The van der Waals surface area contributed by atoms with Gasteiger partial charge in [0.1, 0.15) is 40.2 Å². The average Bonchev–Trinajstić information content (AvgIpc) is 2.91. The molecule has 0 unspecified atom stereocenters. The van der Waals surface area contributed by atoms with E-state index in [-0.39, 0.29) is 54.4 Å². The fourth-order valence-electron chi connectivity index (χ4n) is 5.19. The predicted octanol–water partition coefficient (Wildman–Crippen LogP) is 11.1. The molecule has 0 aliphatic heterocycles. The first kappa shape index (κ1) is 32.5. The number of hydrogen-bond acceptors (Lipinski definition) is 1. The lowest BCUT2D eigenvalue weighted by Crippen LogP contribution is -2.31. The molecule has 0 atom stereocenters. The van der Waals surface area contributed by atoms with Crippen LogP contribution in [0.3, 0.4) is 0 Å². The summed E-state index contributed by atoms with van der Waals surface area (Å²) >= 11 is 0. The minimum absolute atomic E-state index is 0.0169. The van der Waals surface area contributed by atoms with Crippen LogP contribution in [-0.2, 0) is 17.0 Å². The minimum atomic E-state index is -5.23. The molecule has 0 N–H and O–H groups in total. The first-order chi connectivity index (χ1) is 20.1. The number of rotatable bonds is 8. The van der Waals surface area contributed by atoms with Crippen LogP contribution in [0.4, 0.5) is 48.3 Å². The molecule has 3 aromatic rings. The second kappa shape index (κ2) is 12.7. The van der Waals surface area contributed by atoms with Crippen LogP contribution in [0, 0.1) is 23.3 Å². The zero-order chi connectivity index (χ0) is 31.7. The molecule has 232 valence electrons. The highest BCUT2D eigenvalue weighted by Gasteiger charge is 2.43. The quantitative estimate of drug-likeness (QED) is 0.227. The van der Waals surface area contributed by atoms with Crippen LogP contribution >= 0.6 is 0 Å². The van der Waals surface area contributed by atoms with E-state index in [4.69, 9.17) is 4.74 Å². The van der Waals surface area contributed by atoms with Crippen LogP contribution in [0.25, 0.3) is 17.0 Å². The summed E-state index contributed by atoms with van der Waals surface area (Å²) in [7, 11) is 0. The van der Waals surface area contributed by atoms with Gasteiger partial charge >= 0.3 is 12.3 Å². The van der Waals surface area contributed by atoms with Crippen molar-refractivity contribution in [2.24, 2.45) is 0 Å². The summed E-state index contributed by atoms with van der Waals surface area (Å²) in [5, 5.41) is 0. The molecule has 4 rings (SSSR count). The van der Waals surface area contributed by atoms with Gasteiger partial charge < -0.3 is 4.74 Å². The van der Waals surface area contributed by atoms with E-state index in [9.17, 15) is 48.3 Å². The second-order valence-electron chi connectivity index (χ2n) is 10.3. The molecular weight excluding hydrogens is 597 g/mol. The molecule has 1 nitrogen and oxygen atoms in total. The molecular formula is C31H25F11O. The Labute approximate surface area is 240 Å². The van der Waals surface area contributed by atoms with E-state index in [0.29, 0.717) is 30.7 Å². The Bertz CT molecular complexity index is 1440. The zero-order valence-electron chi connectivity index (χ0n) is 22.6. The topological polar surface area (TPSA) is 9.23 Å². The highest BCUT2D eigenvalue weighted by molar-refractivity contribution is 5.69. The van der Waals surface area contributed by atoms with Crippen LogP contribution in [0.2, 0.25) is 0 Å². The molecule has 0 heterocycles. The number of halogens is 11. The van der Waals surface area contributed by atoms with Gasteiger partial charge in [0.15, 0.2) is 5.83 Å². The number of benzene rings is 3. The minimum Gasteiger partial charge on any atom is -0.313 e. The summed E-state index contributed by atoms with van der Waals surface area (Å²) in [5.74, 6) is -9.49. The fraction of sp³-hybridized carbons (Fsp3) is 0.355. The zero-order valence-corrected chi connectivity index (χ0v) is 22.6. The van der Waals surface area contributed by atoms with Gasteiger partial charge in [0, 0.05) is 12.0 Å². The molecule has 1 saturated carbocycles. The Morgan fingerprint density at radius 1 is 0.721 bits per heavy atom. The maximum Gasteiger partial charge on any atom is 0.422 e. The van der Waals surface area contributed by atoms with E-state index in [1.54, 1.807) is 6.92 Å². The molecule has 3 aromatic carbocycles. The van der Waals surface area contributed by atoms with Gasteiger partial charge in [-0.3, -0.25) is 0 Å². The summed E-state index contributed by atoms with van der Waals surface area (Å²) < 4.78 is 159. The Kier molecular flexibility index (Phi) is 9.58. The van der Waals surface area contributed by atoms with Crippen molar-refractivity contribution in [1.29, 1.82) is 0 Å². The van der Waals surface area contributed by atoms with E-state index in [1.165, 1.54) is 24.3 Å². The van der Waals surface area contributed by atoms with Gasteiger partial charge in [0.05, 0.1) is 6.10 Å². The van der Waals surface area contributed by atoms with E-state index in [1.807, 2.05) is 0 Å². The summed E-state index contributed by atoms with van der Waals surface area (Å²) in [4.78, 5) is 0. The van der Waals surface area contributed by atoms with Gasteiger partial charge in [-0.15, -0.1) is 0 Å². The molecule has 0 spiro atoms. The van der Waals surface area contributed by atoms with Crippen molar-refractivity contribution in [2.45, 2.75) is 69.8 Å². The number of ether oxygens (including phenoxy) is 1. The van der Waals surface area contributed by atoms with Gasteiger partial charge in [0.2, 0.25) is 0 Å². The van der Waals surface area contributed by atoms with Crippen molar-refractivity contribution < 1.29 is 53.0 Å². The van der Waals surface area contributed by atoms with Crippen molar-refractivity contribution in [2.75, 3.05) is 0 Å². The lowest BCUT2D eigenvalue weighted by Gasteiger charge is -2.32. The molecule has 1 aliphatic rings. The van der Waals surface area contributed by atoms with Crippen molar-refractivity contribution in [3.8, 4) is 11.1 Å². The van der Waals surface area contributed by atoms with Crippen molar-refractivity contribution >= 4 is 5.83 Å². The van der Waals surface area contributed by atoms with E-state index < -0.39 is 70.4 Å². The van der Waals surface area contributed by atoms with E-state index >= 15 is 0 Å². The fourth-order valence-corrected chi connectivity index (χ4v) is 5.19. The Morgan fingerprint density at radius 3 is 1.72 bits per heavy atom.